The zero-order valence-electron chi connectivity index (χ0n) is 5.76. The molecule has 5 heteroatoms. The first-order chi connectivity index (χ1) is 5.65. The summed E-state index contributed by atoms with van der Waals surface area (Å²) in [5, 5.41) is 8.40. The Morgan fingerprint density at radius 3 is 2.75 bits per heavy atom. The number of alkyl halides is 2. The highest BCUT2D eigenvalue weighted by Crippen LogP contribution is 2.23. The Morgan fingerprint density at radius 1 is 1.58 bits per heavy atom. The van der Waals surface area contributed by atoms with Gasteiger partial charge in [-0.3, -0.25) is 0 Å². The summed E-state index contributed by atoms with van der Waals surface area (Å²) in [5.74, 6) is 0. The van der Waals surface area contributed by atoms with Crippen LogP contribution in [0.15, 0.2) is 12.3 Å². The van der Waals surface area contributed by atoms with Gasteiger partial charge in [0.05, 0.1) is 11.1 Å². The Hall–Kier alpha value is -0.770. The van der Waals surface area contributed by atoms with E-state index in [1.165, 1.54) is 6.20 Å². The van der Waals surface area contributed by atoms with Crippen LogP contribution in [-0.2, 0) is 0 Å². The molecule has 0 atom stereocenters. The molecule has 62 valence electrons. The molecule has 0 aliphatic heterocycles. The van der Waals surface area contributed by atoms with Gasteiger partial charge >= 0.3 is 0 Å². The van der Waals surface area contributed by atoms with Gasteiger partial charge in [0.2, 0.25) is 0 Å². The molecule has 0 saturated carbocycles. The van der Waals surface area contributed by atoms with Crippen LogP contribution in [-0.4, -0.2) is 4.98 Å². The topological polar surface area (TPSA) is 36.7 Å². The molecule has 0 bridgehead atoms. The minimum Gasteiger partial charge on any atom is -0.248 e. The third-order valence-corrected chi connectivity index (χ3v) is 2.13. The molecule has 0 radical (unpaired) electrons. The van der Waals surface area contributed by atoms with Crippen molar-refractivity contribution in [3.05, 3.63) is 27.1 Å². The molecule has 2 nitrogen and oxygen atoms in total. The highest BCUT2D eigenvalue weighted by Gasteiger charge is 2.12. The van der Waals surface area contributed by atoms with Crippen LogP contribution in [0.2, 0.25) is 0 Å². The van der Waals surface area contributed by atoms with Crippen LogP contribution in [0.4, 0.5) is 8.78 Å². The zero-order valence-corrected chi connectivity index (χ0v) is 7.92. The molecule has 0 aliphatic rings. The van der Waals surface area contributed by atoms with E-state index in [0.717, 1.165) is 6.07 Å². The van der Waals surface area contributed by atoms with Crippen LogP contribution in [0, 0.1) is 15.0 Å². The van der Waals surface area contributed by atoms with E-state index in [1.807, 2.05) is 0 Å². The smallest absolute Gasteiger partial charge is 0.248 e. The van der Waals surface area contributed by atoms with Crippen LogP contribution in [0.1, 0.15) is 17.6 Å². The maximum absolute atomic E-state index is 12.2. The number of hydrogen-bond acceptors (Lipinski definition) is 2. The average molecular weight is 280 g/mol. The normalized spacial score (nSPS) is 9.92. The third-order valence-electron chi connectivity index (χ3n) is 1.23. The molecule has 0 unspecified atom stereocenters. The van der Waals surface area contributed by atoms with E-state index in [1.54, 1.807) is 28.7 Å². The van der Waals surface area contributed by atoms with Gasteiger partial charge in [0.1, 0.15) is 9.77 Å². The fourth-order valence-corrected chi connectivity index (χ4v) is 1.21. The van der Waals surface area contributed by atoms with E-state index in [2.05, 4.69) is 4.98 Å². The summed E-state index contributed by atoms with van der Waals surface area (Å²) >= 11 is 1.71. The second kappa shape index (κ2) is 3.76. The number of halogens is 3. The van der Waals surface area contributed by atoms with Gasteiger partial charge in [-0.1, -0.05) is 0 Å². The number of pyridine rings is 1. The van der Waals surface area contributed by atoms with Crippen LogP contribution >= 0.6 is 22.6 Å². The van der Waals surface area contributed by atoms with E-state index in [-0.39, 0.29) is 14.8 Å². The van der Waals surface area contributed by atoms with E-state index >= 15 is 0 Å². The lowest BCUT2D eigenvalue weighted by molar-refractivity contribution is 0.150. The van der Waals surface area contributed by atoms with Gasteiger partial charge < -0.3 is 0 Å². The van der Waals surface area contributed by atoms with E-state index in [4.69, 9.17) is 5.26 Å². The molecule has 12 heavy (non-hydrogen) atoms. The van der Waals surface area contributed by atoms with Crippen molar-refractivity contribution in [3.63, 3.8) is 0 Å². The van der Waals surface area contributed by atoms with Crippen molar-refractivity contribution >= 4 is 22.6 Å². The van der Waals surface area contributed by atoms with Gasteiger partial charge in [-0.2, -0.15) is 5.26 Å². The van der Waals surface area contributed by atoms with Gasteiger partial charge in [-0.25, -0.2) is 13.8 Å². The van der Waals surface area contributed by atoms with Gasteiger partial charge in [0, 0.05) is 6.20 Å². The number of nitrogens with zero attached hydrogens (tertiary/aromatic N) is 2. The molecule has 0 aromatic carbocycles. The summed E-state index contributed by atoms with van der Waals surface area (Å²) in [4.78, 5) is 3.66. The van der Waals surface area contributed by atoms with Crippen molar-refractivity contribution in [2.75, 3.05) is 0 Å². The quantitative estimate of drug-likeness (QED) is 0.585. The molecular weight excluding hydrogens is 277 g/mol. The average Bonchev–Trinajstić information content (AvgIpc) is 2.05. The lowest BCUT2D eigenvalue weighted by Gasteiger charge is -2.01. The molecule has 1 aromatic rings. The Kier molecular flexibility index (Phi) is 2.92. The summed E-state index contributed by atoms with van der Waals surface area (Å²) in [6.45, 7) is 0. The zero-order chi connectivity index (χ0) is 9.14. The summed E-state index contributed by atoms with van der Waals surface area (Å²) in [6.07, 6.45) is -1.30. The second-order valence-corrected chi connectivity index (χ2v) is 3.04. The van der Waals surface area contributed by atoms with Gasteiger partial charge in [-0.05, 0) is 28.7 Å². The summed E-state index contributed by atoms with van der Waals surface area (Å²) in [7, 11) is 0. The summed E-state index contributed by atoms with van der Waals surface area (Å²) in [6, 6.07) is 2.90. The standard InChI is InChI=1S/C7H3F2IN2/c8-6(9)5-1-4(2-11)3-12-7(5)10/h1,3,6H. The summed E-state index contributed by atoms with van der Waals surface area (Å²) in [5.41, 5.74) is -0.0274. The Bertz CT molecular complexity index is 333. The molecule has 0 N–H and O–H groups in total. The van der Waals surface area contributed by atoms with Crippen LogP contribution < -0.4 is 0 Å². The number of hydrogen-bond donors (Lipinski definition) is 0. The van der Waals surface area contributed by atoms with Gasteiger partial charge in [0.25, 0.3) is 6.43 Å². The van der Waals surface area contributed by atoms with Crippen molar-refractivity contribution in [3.8, 4) is 6.07 Å². The second-order valence-electron chi connectivity index (χ2n) is 2.02. The van der Waals surface area contributed by atoms with Crippen molar-refractivity contribution in [1.29, 1.82) is 5.26 Å². The largest absolute Gasteiger partial charge is 0.266 e. The lowest BCUT2D eigenvalue weighted by atomic mass is 10.2. The Morgan fingerprint density at radius 2 is 2.25 bits per heavy atom. The van der Waals surface area contributed by atoms with Crippen LogP contribution in [0.3, 0.4) is 0 Å². The van der Waals surface area contributed by atoms with Crippen molar-refractivity contribution in [2.24, 2.45) is 0 Å². The molecule has 0 saturated heterocycles. The lowest BCUT2D eigenvalue weighted by Crippen LogP contribution is -1.93. The van der Waals surface area contributed by atoms with Crippen LogP contribution in [0.25, 0.3) is 0 Å². The van der Waals surface area contributed by atoms with E-state index in [0.29, 0.717) is 0 Å². The minimum atomic E-state index is -2.57. The monoisotopic (exact) mass is 280 g/mol. The van der Waals surface area contributed by atoms with Crippen LogP contribution in [0.5, 0.6) is 0 Å². The Balaban J connectivity index is 3.19. The maximum Gasteiger partial charge on any atom is 0.266 e. The molecule has 1 heterocycles. The molecule has 0 aliphatic carbocycles. The number of rotatable bonds is 1. The molecule has 0 fully saturated rings. The maximum atomic E-state index is 12.2. The predicted molar refractivity (Wildman–Crippen MR) is 46.6 cm³/mol. The third kappa shape index (κ3) is 1.88. The highest BCUT2D eigenvalue weighted by molar-refractivity contribution is 14.1. The van der Waals surface area contributed by atoms with Gasteiger partial charge in [-0.15, -0.1) is 0 Å². The number of nitriles is 1. The molecule has 0 amide bonds. The molecule has 1 aromatic heterocycles. The fourth-order valence-electron chi connectivity index (χ4n) is 0.679. The first-order valence-electron chi connectivity index (χ1n) is 2.99. The highest BCUT2D eigenvalue weighted by atomic mass is 127. The van der Waals surface area contributed by atoms with Gasteiger partial charge in [0.15, 0.2) is 0 Å². The first kappa shape index (κ1) is 9.32. The fraction of sp³-hybridized carbons (Fsp3) is 0.143. The van der Waals surface area contributed by atoms with Crippen molar-refractivity contribution < 1.29 is 8.78 Å². The number of aromatic nitrogens is 1. The molecule has 0 spiro atoms. The SMILES string of the molecule is N#Cc1cnc(I)c(C(F)F)c1. The summed E-state index contributed by atoms with van der Waals surface area (Å²) < 4.78 is 24.6. The first-order valence-corrected chi connectivity index (χ1v) is 4.06. The predicted octanol–water partition coefficient (Wildman–Crippen LogP) is 2.50. The van der Waals surface area contributed by atoms with E-state index < -0.39 is 6.43 Å². The Labute approximate surface area is 81.4 Å². The van der Waals surface area contributed by atoms with E-state index in [9.17, 15) is 8.78 Å². The molecule has 1 rings (SSSR count). The van der Waals surface area contributed by atoms with Crippen molar-refractivity contribution in [1.82, 2.24) is 4.98 Å². The van der Waals surface area contributed by atoms with Crippen molar-refractivity contribution in [2.45, 2.75) is 6.43 Å². The molecular formula is C7H3F2IN2. The minimum absolute atomic E-state index is 0.158.